The summed E-state index contributed by atoms with van der Waals surface area (Å²) in [6.07, 6.45) is 1.25. The molecule has 1 rings (SSSR count). The van der Waals surface area contributed by atoms with E-state index in [0.717, 1.165) is 12.2 Å². The molecule has 0 bridgehead atoms. The quantitative estimate of drug-likeness (QED) is 0.596. The Morgan fingerprint density at radius 2 is 1.35 bits per heavy atom. The van der Waals surface area contributed by atoms with Crippen LogP contribution < -0.4 is 4.74 Å². The first-order chi connectivity index (χ1) is 10.3. The fourth-order valence-electron chi connectivity index (χ4n) is 3.30. The topological polar surface area (TPSA) is 9.23 Å². The standard InChI is InChI=1S/C22H38O/c1-12-16-17(21(6,7)8)13-18(22(9,10)11)20(23-15(4)5)19(16)14(2)3/h13-15H,12H2,1-11H3. The van der Waals surface area contributed by atoms with Gasteiger partial charge in [-0.3, -0.25) is 0 Å². The second kappa shape index (κ2) is 6.87. The van der Waals surface area contributed by atoms with Crippen molar-refractivity contribution in [3.8, 4) is 5.75 Å². The van der Waals surface area contributed by atoms with Crippen LogP contribution in [0.5, 0.6) is 5.75 Å². The van der Waals surface area contributed by atoms with E-state index in [4.69, 9.17) is 4.74 Å². The van der Waals surface area contributed by atoms with Gasteiger partial charge in [0.25, 0.3) is 0 Å². The van der Waals surface area contributed by atoms with Crippen molar-refractivity contribution in [3.63, 3.8) is 0 Å². The van der Waals surface area contributed by atoms with E-state index in [-0.39, 0.29) is 16.9 Å². The van der Waals surface area contributed by atoms with E-state index in [1.807, 2.05) is 0 Å². The van der Waals surface area contributed by atoms with Crippen LogP contribution in [0.25, 0.3) is 0 Å². The van der Waals surface area contributed by atoms with Crippen molar-refractivity contribution >= 4 is 0 Å². The van der Waals surface area contributed by atoms with E-state index in [0.29, 0.717) is 5.92 Å². The second-order valence-electron chi connectivity index (χ2n) is 9.37. The highest BCUT2D eigenvalue weighted by Gasteiger charge is 2.30. The van der Waals surface area contributed by atoms with Crippen LogP contribution in [0.1, 0.15) is 104 Å². The molecule has 132 valence electrons. The zero-order valence-electron chi connectivity index (χ0n) is 17.3. The number of hydrogen-bond donors (Lipinski definition) is 0. The Kier molecular flexibility index (Phi) is 5.99. The predicted molar refractivity (Wildman–Crippen MR) is 103 cm³/mol. The lowest BCUT2D eigenvalue weighted by Gasteiger charge is -2.34. The highest BCUT2D eigenvalue weighted by atomic mass is 16.5. The third-order valence-corrected chi connectivity index (χ3v) is 4.33. The monoisotopic (exact) mass is 318 g/mol. The first kappa shape index (κ1) is 20.1. The van der Waals surface area contributed by atoms with Gasteiger partial charge in [0.2, 0.25) is 0 Å². The van der Waals surface area contributed by atoms with Gasteiger partial charge in [-0.15, -0.1) is 0 Å². The van der Waals surface area contributed by atoms with Crippen LogP contribution in [-0.2, 0) is 17.3 Å². The maximum atomic E-state index is 6.37. The molecule has 0 aliphatic rings. The molecule has 23 heavy (non-hydrogen) atoms. The highest BCUT2D eigenvalue weighted by molar-refractivity contribution is 5.56. The van der Waals surface area contributed by atoms with Crippen molar-refractivity contribution in [1.82, 2.24) is 0 Å². The molecule has 0 aliphatic heterocycles. The Bertz CT molecular complexity index is 537. The summed E-state index contributed by atoms with van der Waals surface area (Å²) in [4.78, 5) is 0. The molecule has 0 fully saturated rings. The van der Waals surface area contributed by atoms with Crippen LogP contribution in [0.4, 0.5) is 0 Å². The minimum absolute atomic E-state index is 0.0696. The lowest BCUT2D eigenvalue weighted by molar-refractivity contribution is 0.232. The zero-order valence-corrected chi connectivity index (χ0v) is 17.3. The summed E-state index contributed by atoms with van der Waals surface area (Å²) >= 11 is 0. The van der Waals surface area contributed by atoms with Crippen LogP contribution in [0.2, 0.25) is 0 Å². The second-order valence-corrected chi connectivity index (χ2v) is 9.37. The summed E-state index contributed by atoms with van der Waals surface area (Å²) in [5.41, 5.74) is 5.93. The molecular weight excluding hydrogens is 280 g/mol. The van der Waals surface area contributed by atoms with E-state index < -0.39 is 0 Å². The Labute approximate surface area is 144 Å². The SMILES string of the molecule is CCc1c(C(C)(C)C)cc(C(C)(C)C)c(OC(C)C)c1C(C)C. The smallest absolute Gasteiger partial charge is 0.127 e. The van der Waals surface area contributed by atoms with E-state index in [9.17, 15) is 0 Å². The maximum Gasteiger partial charge on any atom is 0.127 e. The number of rotatable bonds is 4. The molecule has 1 nitrogen and oxygen atoms in total. The van der Waals surface area contributed by atoms with Crippen LogP contribution in [0.15, 0.2) is 6.07 Å². The van der Waals surface area contributed by atoms with Gasteiger partial charge >= 0.3 is 0 Å². The lowest BCUT2D eigenvalue weighted by Crippen LogP contribution is -2.23. The first-order valence-corrected chi connectivity index (χ1v) is 9.18. The number of hydrogen-bond acceptors (Lipinski definition) is 1. The van der Waals surface area contributed by atoms with Crippen LogP contribution in [0.3, 0.4) is 0 Å². The summed E-state index contributed by atoms with van der Waals surface area (Å²) in [5.74, 6) is 1.59. The number of ether oxygens (including phenoxy) is 1. The van der Waals surface area contributed by atoms with Crippen LogP contribution >= 0.6 is 0 Å². The fourth-order valence-corrected chi connectivity index (χ4v) is 3.30. The van der Waals surface area contributed by atoms with Gasteiger partial charge in [-0.25, -0.2) is 0 Å². The van der Waals surface area contributed by atoms with Gasteiger partial charge in [-0.2, -0.15) is 0 Å². The molecule has 0 saturated heterocycles. The average Bonchev–Trinajstić information content (AvgIpc) is 2.33. The molecule has 0 aliphatic carbocycles. The van der Waals surface area contributed by atoms with Crippen molar-refractivity contribution < 1.29 is 4.74 Å². The van der Waals surface area contributed by atoms with E-state index in [1.54, 1.807) is 0 Å². The van der Waals surface area contributed by atoms with E-state index >= 15 is 0 Å². The molecule has 0 heterocycles. The Morgan fingerprint density at radius 3 is 1.65 bits per heavy atom. The molecule has 0 unspecified atom stereocenters. The van der Waals surface area contributed by atoms with Crippen molar-refractivity contribution in [2.24, 2.45) is 0 Å². The van der Waals surface area contributed by atoms with Gasteiger partial charge in [0.1, 0.15) is 5.75 Å². The third-order valence-electron chi connectivity index (χ3n) is 4.33. The van der Waals surface area contributed by atoms with E-state index in [2.05, 4.69) is 82.2 Å². The third kappa shape index (κ3) is 4.52. The molecule has 0 radical (unpaired) electrons. The minimum Gasteiger partial charge on any atom is -0.490 e. The van der Waals surface area contributed by atoms with E-state index in [1.165, 1.54) is 22.3 Å². The molecule has 0 saturated carbocycles. The summed E-state index contributed by atoms with van der Waals surface area (Å²) in [7, 11) is 0. The minimum atomic E-state index is 0.0696. The molecule has 1 aromatic rings. The number of benzene rings is 1. The zero-order chi connectivity index (χ0) is 18.2. The van der Waals surface area contributed by atoms with Gasteiger partial charge in [0.05, 0.1) is 6.10 Å². The summed E-state index contributed by atoms with van der Waals surface area (Å²) in [5, 5.41) is 0. The summed E-state index contributed by atoms with van der Waals surface area (Å²) in [6.45, 7) is 24.9. The van der Waals surface area contributed by atoms with Gasteiger partial charge in [0.15, 0.2) is 0 Å². The highest BCUT2D eigenvalue weighted by Crippen LogP contribution is 2.44. The Morgan fingerprint density at radius 1 is 0.870 bits per heavy atom. The van der Waals surface area contributed by atoms with Gasteiger partial charge < -0.3 is 4.74 Å². The van der Waals surface area contributed by atoms with Gasteiger partial charge in [-0.05, 0) is 48.1 Å². The molecule has 0 atom stereocenters. The van der Waals surface area contributed by atoms with Crippen LogP contribution in [-0.4, -0.2) is 6.10 Å². The fraction of sp³-hybridized carbons (Fsp3) is 0.727. The van der Waals surface area contributed by atoms with Gasteiger partial charge in [0, 0.05) is 11.1 Å². The predicted octanol–water partition coefficient (Wildman–Crippen LogP) is 6.75. The van der Waals surface area contributed by atoms with Crippen molar-refractivity contribution in [2.45, 2.75) is 105 Å². The van der Waals surface area contributed by atoms with Gasteiger partial charge in [-0.1, -0.05) is 68.4 Å². The molecule has 0 spiro atoms. The first-order valence-electron chi connectivity index (χ1n) is 9.18. The van der Waals surface area contributed by atoms with Crippen molar-refractivity contribution in [2.75, 3.05) is 0 Å². The normalized spacial score (nSPS) is 13.1. The molecular formula is C22H38O. The average molecular weight is 319 g/mol. The van der Waals surface area contributed by atoms with Crippen LogP contribution in [0, 0.1) is 0 Å². The maximum absolute atomic E-state index is 6.37. The lowest BCUT2D eigenvalue weighted by atomic mass is 9.74. The summed E-state index contributed by atoms with van der Waals surface area (Å²) < 4.78 is 6.37. The molecule has 0 aromatic heterocycles. The largest absolute Gasteiger partial charge is 0.490 e. The molecule has 0 N–H and O–H groups in total. The Hall–Kier alpha value is -0.980. The van der Waals surface area contributed by atoms with Crippen molar-refractivity contribution in [3.05, 3.63) is 28.3 Å². The molecule has 1 aromatic carbocycles. The summed E-state index contributed by atoms with van der Waals surface area (Å²) in [6, 6.07) is 2.42. The van der Waals surface area contributed by atoms with Crippen molar-refractivity contribution in [1.29, 1.82) is 0 Å². The molecule has 0 amide bonds. The molecule has 1 heteroatoms. The Balaban J connectivity index is 3.92.